The maximum atomic E-state index is 11.7. The van der Waals surface area contributed by atoms with Crippen LogP contribution in [0.3, 0.4) is 0 Å². The number of unbranched alkanes of at least 4 members (excludes halogenated alkanes) is 1. The first-order valence-electron chi connectivity index (χ1n) is 5.96. The van der Waals surface area contributed by atoms with E-state index in [1.807, 2.05) is 32.0 Å². The van der Waals surface area contributed by atoms with Crippen molar-refractivity contribution >= 4 is 23.4 Å². The van der Waals surface area contributed by atoms with Crippen molar-refractivity contribution in [2.45, 2.75) is 26.7 Å². The van der Waals surface area contributed by atoms with E-state index in [1.165, 1.54) is 5.56 Å². The molecule has 0 saturated carbocycles. The zero-order chi connectivity index (χ0) is 13.4. The predicted molar refractivity (Wildman–Crippen MR) is 76.7 cm³/mol. The molecule has 1 rings (SSSR count). The molecule has 1 aromatic carbocycles. The molecule has 3 nitrogen and oxygen atoms in total. The number of benzene rings is 1. The third-order valence-electron chi connectivity index (χ3n) is 2.69. The van der Waals surface area contributed by atoms with Gasteiger partial charge < -0.3 is 5.32 Å². The number of amides is 1. The number of rotatable bonds is 6. The normalized spacial score (nSPS) is 9.83. The minimum Gasteiger partial charge on any atom is -0.325 e. The van der Waals surface area contributed by atoms with Crippen molar-refractivity contribution in [3.8, 4) is 6.07 Å². The first-order valence-corrected chi connectivity index (χ1v) is 7.11. The molecule has 4 heteroatoms. The van der Waals surface area contributed by atoms with Gasteiger partial charge in [-0.1, -0.05) is 12.1 Å². The van der Waals surface area contributed by atoms with Gasteiger partial charge >= 0.3 is 0 Å². The van der Waals surface area contributed by atoms with Gasteiger partial charge in [0.1, 0.15) is 0 Å². The van der Waals surface area contributed by atoms with E-state index in [4.69, 9.17) is 5.26 Å². The molecule has 1 amide bonds. The molecule has 0 unspecified atom stereocenters. The van der Waals surface area contributed by atoms with E-state index in [0.717, 1.165) is 23.4 Å². The molecular formula is C14H18N2OS. The van der Waals surface area contributed by atoms with Gasteiger partial charge in [-0.25, -0.2) is 0 Å². The molecule has 0 aliphatic rings. The molecule has 1 N–H and O–H groups in total. The average molecular weight is 262 g/mol. The van der Waals surface area contributed by atoms with Gasteiger partial charge in [0.05, 0.1) is 11.8 Å². The summed E-state index contributed by atoms with van der Waals surface area (Å²) in [5.41, 5.74) is 3.17. The van der Waals surface area contributed by atoms with Gasteiger partial charge in [0.2, 0.25) is 5.91 Å². The summed E-state index contributed by atoms with van der Waals surface area (Å²) < 4.78 is 0. The summed E-state index contributed by atoms with van der Waals surface area (Å²) in [4.78, 5) is 11.7. The third-order valence-corrected chi connectivity index (χ3v) is 3.73. The first-order chi connectivity index (χ1) is 8.65. The Hall–Kier alpha value is -1.47. The van der Waals surface area contributed by atoms with Crippen molar-refractivity contribution in [1.29, 1.82) is 5.26 Å². The molecule has 0 atom stereocenters. The molecular weight excluding hydrogens is 244 g/mol. The molecule has 0 heterocycles. The molecule has 0 aliphatic heterocycles. The number of carbonyl (C=O) groups is 1. The van der Waals surface area contributed by atoms with Gasteiger partial charge in [-0.3, -0.25) is 4.79 Å². The Balaban J connectivity index is 2.36. The number of nitrogens with one attached hydrogen (secondary N) is 1. The summed E-state index contributed by atoms with van der Waals surface area (Å²) in [6.07, 6.45) is 1.41. The first kappa shape index (κ1) is 14.6. The van der Waals surface area contributed by atoms with Crippen LogP contribution in [-0.2, 0) is 4.79 Å². The van der Waals surface area contributed by atoms with Crippen LogP contribution in [0.15, 0.2) is 18.2 Å². The Morgan fingerprint density at radius 2 is 2.22 bits per heavy atom. The maximum Gasteiger partial charge on any atom is 0.234 e. The lowest BCUT2D eigenvalue weighted by atomic mass is 10.1. The molecule has 0 bridgehead atoms. The van der Waals surface area contributed by atoms with E-state index in [1.54, 1.807) is 11.8 Å². The van der Waals surface area contributed by atoms with Gasteiger partial charge in [0.25, 0.3) is 0 Å². The van der Waals surface area contributed by atoms with E-state index in [0.29, 0.717) is 12.2 Å². The highest BCUT2D eigenvalue weighted by Crippen LogP contribution is 2.18. The Morgan fingerprint density at radius 3 is 2.94 bits per heavy atom. The van der Waals surface area contributed by atoms with Gasteiger partial charge in [-0.15, -0.1) is 0 Å². The second-order valence-electron chi connectivity index (χ2n) is 4.11. The van der Waals surface area contributed by atoms with Crippen LogP contribution in [0.25, 0.3) is 0 Å². The highest BCUT2D eigenvalue weighted by Gasteiger charge is 2.05. The van der Waals surface area contributed by atoms with Gasteiger partial charge in [-0.2, -0.15) is 17.0 Å². The van der Waals surface area contributed by atoms with Crippen LogP contribution in [0.4, 0.5) is 5.69 Å². The smallest absolute Gasteiger partial charge is 0.234 e. The Bertz CT molecular complexity index is 452. The standard InChI is InChI=1S/C14H18N2OS/c1-11-6-5-7-13(12(11)2)16-14(17)10-18-9-4-3-8-15/h5-7H,3-4,9-10H2,1-2H3,(H,16,17). The lowest BCUT2D eigenvalue weighted by Crippen LogP contribution is -2.15. The summed E-state index contributed by atoms with van der Waals surface area (Å²) in [7, 11) is 0. The molecule has 96 valence electrons. The second kappa shape index (κ2) is 7.78. The number of nitrogens with zero attached hydrogens (tertiary/aromatic N) is 1. The fourth-order valence-electron chi connectivity index (χ4n) is 1.49. The number of nitriles is 1. The Labute approximate surface area is 113 Å². The summed E-state index contributed by atoms with van der Waals surface area (Å²) in [6, 6.07) is 7.98. The number of carbonyl (C=O) groups excluding carboxylic acids is 1. The molecule has 0 radical (unpaired) electrons. The average Bonchev–Trinajstić information content (AvgIpc) is 2.35. The Kier molecular flexibility index (Phi) is 6.31. The van der Waals surface area contributed by atoms with Crippen LogP contribution < -0.4 is 5.32 Å². The fourth-order valence-corrected chi connectivity index (χ4v) is 2.24. The minimum atomic E-state index is 0.0191. The Morgan fingerprint density at radius 1 is 1.44 bits per heavy atom. The molecule has 1 aromatic rings. The molecule has 0 fully saturated rings. The highest BCUT2D eigenvalue weighted by atomic mass is 32.2. The van der Waals surface area contributed by atoms with E-state index >= 15 is 0 Å². The van der Waals surface area contributed by atoms with Crippen molar-refractivity contribution in [3.05, 3.63) is 29.3 Å². The summed E-state index contributed by atoms with van der Waals surface area (Å²) in [6.45, 7) is 4.03. The summed E-state index contributed by atoms with van der Waals surface area (Å²) >= 11 is 1.57. The van der Waals surface area contributed by atoms with Crippen molar-refractivity contribution in [3.63, 3.8) is 0 Å². The molecule has 0 aliphatic carbocycles. The van der Waals surface area contributed by atoms with E-state index < -0.39 is 0 Å². The monoisotopic (exact) mass is 262 g/mol. The second-order valence-corrected chi connectivity index (χ2v) is 5.22. The number of aryl methyl sites for hydroxylation is 1. The van der Waals surface area contributed by atoms with Crippen molar-refractivity contribution < 1.29 is 4.79 Å². The largest absolute Gasteiger partial charge is 0.325 e. The van der Waals surface area contributed by atoms with Crippen molar-refractivity contribution in [1.82, 2.24) is 0 Å². The van der Waals surface area contributed by atoms with Gasteiger partial charge in [0.15, 0.2) is 0 Å². The van der Waals surface area contributed by atoms with E-state index in [9.17, 15) is 4.79 Å². The zero-order valence-electron chi connectivity index (χ0n) is 10.8. The lowest BCUT2D eigenvalue weighted by Gasteiger charge is -2.10. The number of hydrogen-bond acceptors (Lipinski definition) is 3. The third kappa shape index (κ3) is 4.80. The van der Waals surface area contributed by atoms with Gasteiger partial charge in [-0.05, 0) is 43.2 Å². The SMILES string of the molecule is Cc1cccc(NC(=O)CSCCCC#N)c1C. The van der Waals surface area contributed by atoms with Crippen LogP contribution in [-0.4, -0.2) is 17.4 Å². The predicted octanol–water partition coefficient (Wildman–Crippen LogP) is 3.28. The van der Waals surface area contributed by atoms with Gasteiger partial charge in [0, 0.05) is 12.1 Å². The van der Waals surface area contributed by atoms with Crippen LogP contribution in [0, 0.1) is 25.2 Å². The van der Waals surface area contributed by atoms with Crippen LogP contribution >= 0.6 is 11.8 Å². The topological polar surface area (TPSA) is 52.9 Å². The summed E-state index contributed by atoms with van der Waals surface area (Å²) in [5, 5.41) is 11.3. The number of thioether (sulfide) groups is 1. The van der Waals surface area contributed by atoms with E-state index in [-0.39, 0.29) is 5.91 Å². The highest BCUT2D eigenvalue weighted by molar-refractivity contribution is 7.99. The maximum absolute atomic E-state index is 11.7. The van der Waals surface area contributed by atoms with Crippen LogP contribution in [0.2, 0.25) is 0 Å². The number of anilines is 1. The molecule has 18 heavy (non-hydrogen) atoms. The van der Waals surface area contributed by atoms with E-state index in [2.05, 4.69) is 11.4 Å². The molecule has 0 saturated heterocycles. The zero-order valence-corrected chi connectivity index (χ0v) is 11.6. The molecule has 0 spiro atoms. The lowest BCUT2D eigenvalue weighted by molar-refractivity contribution is -0.113. The minimum absolute atomic E-state index is 0.0191. The number of hydrogen-bond donors (Lipinski definition) is 1. The van der Waals surface area contributed by atoms with Crippen molar-refractivity contribution in [2.24, 2.45) is 0 Å². The van der Waals surface area contributed by atoms with Crippen LogP contribution in [0.5, 0.6) is 0 Å². The van der Waals surface area contributed by atoms with Crippen molar-refractivity contribution in [2.75, 3.05) is 16.8 Å². The fraction of sp³-hybridized carbons (Fsp3) is 0.429. The quantitative estimate of drug-likeness (QED) is 0.800. The van der Waals surface area contributed by atoms with Crippen LogP contribution in [0.1, 0.15) is 24.0 Å². The molecule has 0 aromatic heterocycles. The summed E-state index contributed by atoms with van der Waals surface area (Å²) in [5.74, 6) is 1.32.